The van der Waals surface area contributed by atoms with Gasteiger partial charge in [-0.15, -0.1) is 6.58 Å². The minimum Gasteiger partial charge on any atom is -0.377 e. The molecule has 0 aliphatic carbocycles. The Bertz CT molecular complexity index is 530. The van der Waals surface area contributed by atoms with Crippen LogP contribution in [-0.2, 0) is 9.53 Å². The molecule has 1 unspecified atom stereocenters. The predicted octanol–water partition coefficient (Wildman–Crippen LogP) is 5.08. The van der Waals surface area contributed by atoms with E-state index in [-0.39, 0.29) is 23.8 Å². The number of ether oxygens (including phenoxy) is 1. The summed E-state index contributed by atoms with van der Waals surface area (Å²) in [4.78, 5) is 17.4. The summed E-state index contributed by atoms with van der Waals surface area (Å²) in [5, 5.41) is 3.01. The van der Waals surface area contributed by atoms with Crippen LogP contribution in [0.3, 0.4) is 0 Å². The van der Waals surface area contributed by atoms with E-state index in [2.05, 4.69) is 23.8 Å². The lowest BCUT2D eigenvalue weighted by Gasteiger charge is -2.20. The van der Waals surface area contributed by atoms with Crippen molar-refractivity contribution in [2.75, 3.05) is 13.2 Å². The molecular weight excluding hydrogens is 324 g/mol. The number of rotatable bonds is 11. The van der Waals surface area contributed by atoms with Crippen LogP contribution in [0.1, 0.15) is 61.3 Å². The van der Waals surface area contributed by atoms with E-state index in [1.54, 1.807) is 6.08 Å². The van der Waals surface area contributed by atoms with Gasteiger partial charge >= 0.3 is 0 Å². The van der Waals surface area contributed by atoms with E-state index < -0.39 is 0 Å². The molecule has 0 aromatic rings. The van der Waals surface area contributed by atoms with Crippen LogP contribution in [-0.4, -0.2) is 31.0 Å². The highest BCUT2D eigenvalue weighted by atomic mass is 16.5. The zero-order valence-electron chi connectivity index (χ0n) is 17.8. The first-order valence-corrected chi connectivity index (χ1v) is 9.66. The highest BCUT2D eigenvalue weighted by molar-refractivity contribution is 6.08. The predicted molar refractivity (Wildman–Crippen MR) is 112 cm³/mol. The number of carbonyl (C=O) groups is 1. The Kier molecular flexibility index (Phi) is 12.6. The van der Waals surface area contributed by atoms with Crippen LogP contribution in [0.25, 0.3) is 0 Å². The fraction of sp³-hybridized carbons (Fsp3) is 0.636. The maximum atomic E-state index is 12.8. The minimum absolute atomic E-state index is 0.0796. The second kappa shape index (κ2) is 13.5. The van der Waals surface area contributed by atoms with Gasteiger partial charge in [0, 0.05) is 12.6 Å². The van der Waals surface area contributed by atoms with Crippen LogP contribution in [0.15, 0.2) is 40.9 Å². The lowest BCUT2D eigenvalue weighted by Crippen LogP contribution is -2.38. The number of nitrogens with zero attached hydrogens (tertiary/aromatic N) is 1. The van der Waals surface area contributed by atoms with Crippen molar-refractivity contribution in [3.05, 3.63) is 36.0 Å². The van der Waals surface area contributed by atoms with E-state index in [1.165, 1.54) is 0 Å². The second-order valence-electron chi connectivity index (χ2n) is 7.02. The zero-order chi connectivity index (χ0) is 20.1. The molecule has 148 valence electrons. The number of amides is 1. The van der Waals surface area contributed by atoms with Gasteiger partial charge in [-0.2, -0.15) is 0 Å². The van der Waals surface area contributed by atoms with Crippen molar-refractivity contribution in [1.29, 1.82) is 0 Å². The van der Waals surface area contributed by atoms with Crippen LogP contribution < -0.4 is 5.32 Å². The van der Waals surface area contributed by atoms with Crippen molar-refractivity contribution in [3.8, 4) is 0 Å². The molecule has 0 heterocycles. The summed E-state index contributed by atoms with van der Waals surface area (Å²) in [5.41, 5.74) is 2.04. The number of allylic oxidation sites excluding steroid dienone is 2. The Hall–Kier alpha value is -1.68. The van der Waals surface area contributed by atoms with E-state index in [0.29, 0.717) is 12.4 Å². The lowest BCUT2D eigenvalue weighted by atomic mass is 9.92. The fourth-order valence-corrected chi connectivity index (χ4v) is 2.45. The average molecular weight is 363 g/mol. The standard InChI is InChI=1S/C22H38N2O2/c1-9-12-14-26-15-18(7)19(8)21(23-16(4)5)24-22(25)20(11-3)17(6)13-10-2/h10-11,13,16-17,20H,3,9,12,14-15H2,1-2,4-8H3,(H,23,24,25)/b13-10+,19-18-/t17?,20-/m1/s1. The Morgan fingerprint density at radius 2 is 1.92 bits per heavy atom. The molecule has 0 aliphatic heterocycles. The molecule has 2 atom stereocenters. The van der Waals surface area contributed by atoms with Crippen molar-refractivity contribution in [2.45, 2.75) is 67.3 Å². The largest absolute Gasteiger partial charge is 0.377 e. The third kappa shape index (κ3) is 9.14. The van der Waals surface area contributed by atoms with Gasteiger partial charge in [-0.3, -0.25) is 9.79 Å². The number of hydrogen-bond donors (Lipinski definition) is 1. The third-order valence-corrected chi connectivity index (χ3v) is 4.20. The first-order chi connectivity index (χ1) is 12.3. The molecule has 0 rings (SSSR count). The zero-order valence-corrected chi connectivity index (χ0v) is 17.8. The van der Waals surface area contributed by atoms with Gasteiger partial charge in [0.2, 0.25) is 5.91 Å². The highest BCUT2D eigenvalue weighted by Crippen LogP contribution is 2.16. The van der Waals surface area contributed by atoms with E-state index in [1.807, 2.05) is 53.7 Å². The summed E-state index contributed by atoms with van der Waals surface area (Å²) < 4.78 is 5.71. The normalized spacial score (nSPS) is 15.8. The van der Waals surface area contributed by atoms with Crippen molar-refractivity contribution >= 4 is 11.7 Å². The molecule has 0 saturated carbocycles. The summed E-state index contributed by atoms with van der Waals surface area (Å²) in [6, 6.07) is 0.0872. The smallest absolute Gasteiger partial charge is 0.233 e. The van der Waals surface area contributed by atoms with Crippen molar-refractivity contribution in [1.82, 2.24) is 5.32 Å². The molecular formula is C22H38N2O2. The minimum atomic E-state index is -0.294. The van der Waals surface area contributed by atoms with Gasteiger partial charge in [0.1, 0.15) is 5.84 Å². The SMILES string of the molecule is C=C[C@@H](C(=O)NC(=NC(C)C)/C(C)=C(/C)COCCCC)C(C)/C=C/C. The average Bonchev–Trinajstić information content (AvgIpc) is 2.57. The van der Waals surface area contributed by atoms with E-state index in [0.717, 1.165) is 30.6 Å². The molecule has 0 aliphatic rings. The monoisotopic (exact) mass is 362 g/mol. The van der Waals surface area contributed by atoms with Crippen molar-refractivity contribution in [3.63, 3.8) is 0 Å². The summed E-state index contributed by atoms with van der Waals surface area (Å²) in [6.45, 7) is 19.3. The van der Waals surface area contributed by atoms with Crippen LogP contribution in [0.5, 0.6) is 0 Å². The second-order valence-corrected chi connectivity index (χ2v) is 7.02. The van der Waals surface area contributed by atoms with Gasteiger partial charge in [-0.05, 0) is 58.1 Å². The number of nitrogens with one attached hydrogen (secondary N) is 1. The third-order valence-electron chi connectivity index (χ3n) is 4.20. The molecule has 0 fully saturated rings. The Balaban J connectivity index is 5.31. The quantitative estimate of drug-likeness (QED) is 0.241. The van der Waals surface area contributed by atoms with Gasteiger partial charge in [0.05, 0.1) is 12.5 Å². The molecule has 0 aromatic carbocycles. The fourth-order valence-electron chi connectivity index (χ4n) is 2.45. The molecule has 4 heteroatoms. The molecule has 26 heavy (non-hydrogen) atoms. The molecule has 4 nitrogen and oxygen atoms in total. The summed E-state index contributed by atoms with van der Waals surface area (Å²) in [6.07, 6.45) is 7.85. The number of amidine groups is 1. The number of carbonyl (C=O) groups excluding carboxylic acids is 1. The maximum Gasteiger partial charge on any atom is 0.233 e. The van der Waals surface area contributed by atoms with E-state index in [9.17, 15) is 4.79 Å². The van der Waals surface area contributed by atoms with Gasteiger partial charge in [-0.25, -0.2) is 0 Å². The van der Waals surface area contributed by atoms with Crippen LogP contribution in [0.4, 0.5) is 0 Å². The number of unbranched alkanes of at least 4 members (excludes halogenated alkanes) is 1. The first kappa shape index (κ1) is 24.3. The summed E-state index contributed by atoms with van der Waals surface area (Å²) >= 11 is 0. The first-order valence-electron chi connectivity index (χ1n) is 9.66. The highest BCUT2D eigenvalue weighted by Gasteiger charge is 2.22. The molecule has 1 N–H and O–H groups in total. The maximum absolute atomic E-state index is 12.8. The molecule has 0 saturated heterocycles. The molecule has 0 aromatic heterocycles. The van der Waals surface area contributed by atoms with Gasteiger partial charge in [0.25, 0.3) is 0 Å². The summed E-state index contributed by atoms with van der Waals surface area (Å²) in [5.74, 6) is 0.336. The number of aliphatic imine (C=N–C) groups is 1. The molecule has 0 bridgehead atoms. The molecule has 1 amide bonds. The lowest BCUT2D eigenvalue weighted by molar-refractivity contribution is -0.122. The Morgan fingerprint density at radius 1 is 1.27 bits per heavy atom. The van der Waals surface area contributed by atoms with Gasteiger partial charge < -0.3 is 10.1 Å². The van der Waals surface area contributed by atoms with Crippen molar-refractivity contribution in [2.24, 2.45) is 16.8 Å². The van der Waals surface area contributed by atoms with Gasteiger partial charge in [-0.1, -0.05) is 38.5 Å². The van der Waals surface area contributed by atoms with Crippen LogP contribution in [0, 0.1) is 11.8 Å². The van der Waals surface area contributed by atoms with Crippen LogP contribution in [0.2, 0.25) is 0 Å². The molecule has 0 spiro atoms. The Labute approximate surface area is 160 Å². The number of hydrogen-bond acceptors (Lipinski definition) is 3. The Morgan fingerprint density at radius 3 is 2.42 bits per heavy atom. The summed E-state index contributed by atoms with van der Waals surface area (Å²) in [7, 11) is 0. The van der Waals surface area contributed by atoms with Crippen molar-refractivity contribution < 1.29 is 9.53 Å². The van der Waals surface area contributed by atoms with E-state index in [4.69, 9.17) is 4.74 Å². The van der Waals surface area contributed by atoms with Gasteiger partial charge in [0.15, 0.2) is 0 Å². The van der Waals surface area contributed by atoms with E-state index >= 15 is 0 Å². The molecule has 0 radical (unpaired) electrons. The topological polar surface area (TPSA) is 50.7 Å². The van der Waals surface area contributed by atoms with Crippen LogP contribution >= 0.6 is 0 Å².